The average Bonchev–Trinajstić information content (AvgIpc) is 3.33. The summed E-state index contributed by atoms with van der Waals surface area (Å²) < 4.78 is 16.5. The molecule has 0 radical (unpaired) electrons. The number of amides is 2. The predicted octanol–water partition coefficient (Wildman–Crippen LogP) is 3.64. The molecule has 1 aliphatic rings. The summed E-state index contributed by atoms with van der Waals surface area (Å²) in [6.45, 7) is 4.39. The fraction of sp³-hybridized carbons (Fsp3) is 0.308. The largest absolute Gasteiger partial charge is 0.485 e. The molecule has 0 fully saturated rings. The highest BCUT2D eigenvalue weighted by atomic mass is 16.5. The van der Waals surface area contributed by atoms with Gasteiger partial charge in [-0.25, -0.2) is 4.98 Å². The molecular formula is C26H27N3O6. The van der Waals surface area contributed by atoms with Gasteiger partial charge < -0.3 is 19.2 Å². The molecule has 1 aromatic heterocycles. The molecule has 4 rings (SSSR count). The molecule has 9 heteroatoms. The van der Waals surface area contributed by atoms with Crippen molar-refractivity contribution in [2.45, 2.75) is 26.8 Å². The van der Waals surface area contributed by atoms with E-state index in [1.165, 1.54) is 11.2 Å². The highest BCUT2D eigenvalue weighted by Gasteiger charge is 2.28. The smallest absolute Gasteiger partial charge is 0.273 e. The average molecular weight is 478 g/mol. The lowest BCUT2D eigenvalue weighted by molar-refractivity contribution is -0.121. The zero-order chi connectivity index (χ0) is 24.8. The van der Waals surface area contributed by atoms with Crippen LogP contribution in [0.1, 0.15) is 47.0 Å². The van der Waals surface area contributed by atoms with Crippen LogP contribution in [0, 0.1) is 5.92 Å². The number of para-hydroxylation sites is 1. The number of oxazole rings is 1. The lowest BCUT2D eigenvalue weighted by Gasteiger charge is -2.28. The third-order valence-electron chi connectivity index (χ3n) is 5.42. The second-order valence-electron chi connectivity index (χ2n) is 8.54. The van der Waals surface area contributed by atoms with Gasteiger partial charge in [-0.2, -0.15) is 0 Å². The number of carbonyl (C=O) groups is 3. The first-order valence-corrected chi connectivity index (χ1v) is 11.4. The van der Waals surface area contributed by atoms with E-state index in [2.05, 4.69) is 24.1 Å². The summed E-state index contributed by atoms with van der Waals surface area (Å²) in [7, 11) is 0. The molecule has 3 aromatic rings. The lowest BCUT2D eigenvalue weighted by Crippen LogP contribution is -2.38. The van der Waals surface area contributed by atoms with Crippen LogP contribution in [0.4, 0.5) is 5.69 Å². The molecule has 1 N–H and O–H groups in total. The van der Waals surface area contributed by atoms with Crippen molar-refractivity contribution < 1.29 is 28.3 Å². The van der Waals surface area contributed by atoms with E-state index in [4.69, 9.17) is 13.9 Å². The summed E-state index contributed by atoms with van der Waals surface area (Å²) in [6, 6.07) is 13.9. The third-order valence-corrected chi connectivity index (χ3v) is 5.42. The molecular weight excluding hydrogens is 450 g/mol. The van der Waals surface area contributed by atoms with Gasteiger partial charge in [0, 0.05) is 12.1 Å². The van der Waals surface area contributed by atoms with Crippen molar-refractivity contribution in [3.8, 4) is 11.5 Å². The predicted molar refractivity (Wildman–Crippen MR) is 128 cm³/mol. The van der Waals surface area contributed by atoms with E-state index < -0.39 is 0 Å². The van der Waals surface area contributed by atoms with E-state index in [0.717, 1.165) is 6.42 Å². The second kappa shape index (κ2) is 10.9. The zero-order valence-electron chi connectivity index (χ0n) is 19.7. The molecule has 2 aromatic carbocycles. The van der Waals surface area contributed by atoms with Crippen LogP contribution in [0.15, 0.2) is 59.2 Å². The van der Waals surface area contributed by atoms with Crippen LogP contribution in [0.25, 0.3) is 0 Å². The van der Waals surface area contributed by atoms with Crippen molar-refractivity contribution in [1.82, 2.24) is 10.3 Å². The molecule has 0 bridgehead atoms. The molecule has 0 atom stereocenters. The number of carbonyl (C=O) groups excluding carboxylic acids is 3. The third kappa shape index (κ3) is 6.06. The molecule has 0 saturated carbocycles. The number of hydrogen-bond acceptors (Lipinski definition) is 7. The Labute approximate surface area is 203 Å². The van der Waals surface area contributed by atoms with Crippen LogP contribution in [-0.4, -0.2) is 42.3 Å². The summed E-state index contributed by atoms with van der Waals surface area (Å²) in [4.78, 5) is 43.3. The number of ether oxygens (including phenoxy) is 2. The number of benzene rings is 2. The number of hydrogen-bond donors (Lipinski definition) is 1. The lowest BCUT2D eigenvalue weighted by atomic mass is 10.1. The summed E-state index contributed by atoms with van der Waals surface area (Å²) in [5, 5.41) is 2.80. The van der Waals surface area contributed by atoms with Crippen LogP contribution >= 0.6 is 0 Å². The Kier molecular flexibility index (Phi) is 7.45. The molecule has 0 spiro atoms. The van der Waals surface area contributed by atoms with Crippen molar-refractivity contribution in [1.29, 1.82) is 0 Å². The number of rotatable bonds is 10. The molecule has 2 amide bonds. The van der Waals surface area contributed by atoms with E-state index in [9.17, 15) is 14.4 Å². The second-order valence-corrected chi connectivity index (χ2v) is 8.54. The van der Waals surface area contributed by atoms with E-state index >= 15 is 0 Å². The minimum atomic E-state index is -0.333. The number of ketones is 1. The number of nitrogens with zero attached hydrogens (tertiary/aromatic N) is 2. The number of Topliss-reactive ketones (excluding diaryl/α,β-unsaturated/α-hetero) is 1. The molecule has 182 valence electrons. The maximum absolute atomic E-state index is 12.7. The van der Waals surface area contributed by atoms with E-state index in [1.807, 2.05) is 18.2 Å². The Morgan fingerprint density at radius 2 is 1.97 bits per heavy atom. The van der Waals surface area contributed by atoms with Gasteiger partial charge in [-0.3, -0.25) is 19.3 Å². The SMILES string of the molecule is CC(C)CCNC(=O)c1coc(CN2C(=O)COc3ccc(C(=O)COc4ccccc4)cc32)n1. The molecule has 1 aliphatic heterocycles. The number of aromatic nitrogens is 1. The minimum Gasteiger partial charge on any atom is -0.485 e. The van der Waals surface area contributed by atoms with Crippen molar-refractivity contribution >= 4 is 23.3 Å². The van der Waals surface area contributed by atoms with Crippen LogP contribution in [0.2, 0.25) is 0 Å². The van der Waals surface area contributed by atoms with Gasteiger partial charge in [-0.05, 0) is 42.7 Å². The molecule has 0 saturated heterocycles. The van der Waals surface area contributed by atoms with E-state index in [-0.39, 0.29) is 48.9 Å². The number of fused-ring (bicyclic) bond motifs is 1. The summed E-state index contributed by atoms with van der Waals surface area (Å²) in [5.74, 6) is 0.826. The Bertz CT molecular complexity index is 1200. The molecule has 2 heterocycles. The highest BCUT2D eigenvalue weighted by Crippen LogP contribution is 2.34. The van der Waals surface area contributed by atoms with Crippen LogP contribution in [-0.2, 0) is 11.3 Å². The van der Waals surface area contributed by atoms with Crippen molar-refractivity contribution in [3.63, 3.8) is 0 Å². The standard InChI is InChI=1S/C26H27N3O6/c1-17(2)10-11-27-26(32)20-14-35-24(28-20)13-29-21-12-18(8-9-23(21)34-16-25(29)31)22(30)15-33-19-6-4-3-5-7-19/h3-9,12,14,17H,10-11,13,15-16H2,1-2H3,(H,27,32). The molecule has 35 heavy (non-hydrogen) atoms. The minimum absolute atomic E-state index is 0.00731. The Balaban J connectivity index is 1.45. The summed E-state index contributed by atoms with van der Waals surface area (Å²) in [6.07, 6.45) is 2.12. The van der Waals surface area contributed by atoms with Crippen LogP contribution in [0.5, 0.6) is 11.5 Å². The molecule has 0 aliphatic carbocycles. The first-order chi connectivity index (χ1) is 16.9. The summed E-state index contributed by atoms with van der Waals surface area (Å²) in [5.41, 5.74) is 0.945. The van der Waals surface area contributed by atoms with Gasteiger partial charge in [-0.1, -0.05) is 32.0 Å². The van der Waals surface area contributed by atoms with Crippen LogP contribution < -0.4 is 19.7 Å². The Morgan fingerprint density at radius 3 is 2.74 bits per heavy atom. The normalized spacial score (nSPS) is 12.8. The van der Waals surface area contributed by atoms with Gasteiger partial charge >= 0.3 is 0 Å². The Hall–Kier alpha value is -4.14. The van der Waals surface area contributed by atoms with Gasteiger partial charge in [0.05, 0.1) is 5.69 Å². The van der Waals surface area contributed by atoms with Gasteiger partial charge in [0.2, 0.25) is 5.89 Å². The number of anilines is 1. The molecule has 0 unspecified atom stereocenters. The Morgan fingerprint density at radius 1 is 1.17 bits per heavy atom. The van der Waals surface area contributed by atoms with E-state index in [1.54, 1.807) is 30.3 Å². The number of nitrogens with one attached hydrogen (secondary N) is 1. The maximum atomic E-state index is 12.7. The fourth-order valence-corrected chi connectivity index (χ4v) is 3.49. The maximum Gasteiger partial charge on any atom is 0.273 e. The van der Waals surface area contributed by atoms with Gasteiger partial charge in [-0.15, -0.1) is 0 Å². The monoisotopic (exact) mass is 477 g/mol. The van der Waals surface area contributed by atoms with Crippen molar-refractivity contribution in [3.05, 3.63) is 71.9 Å². The van der Waals surface area contributed by atoms with Crippen molar-refractivity contribution in [2.75, 3.05) is 24.7 Å². The quantitative estimate of drug-likeness (QED) is 0.444. The van der Waals surface area contributed by atoms with E-state index in [0.29, 0.717) is 35.2 Å². The highest BCUT2D eigenvalue weighted by molar-refractivity contribution is 6.02. The van der Waals surface area contributed by atoms with Gasteiger partial charge in [0.25, 0.3) is 11.8 Å². The van der Waals surface area contributed by atoms with Gasteiger partial charge in [0.15, 0.2) is 24.7 Å². The van der Waals surface area contributed by atoms with Crippen molar-refractivity contribution in [2.24, 2.45) is 5.92 Å². The first kappa shape index (κ1) is 24.0. The van der Waals surface area contributed by atoms with Crippen LogP contribution in [0.3, 0.4) is 0 Å². The first-order valence-electron chi connectivity index (χ1n) is 11.4. The summed E-state index contributed by atoms with van der Waals surface area (Å²) >= 11 is 0. The molecule has 9 nitrogen and oxygen atoms in total. The zero-order valence-corrected chi connectivity index (χ0v) is 19.7. The van der Waals surface area contributed by atoms with Gasteiger partial charge in [0.1, 0.15) is 24.3 Å². The fourth-order valence-electron chi connectivity index (χ4n) is 3.49. The topological polar surface area (TPSA) is 111 Å².